The van der Waals surface area contributed by atoms with Gasteiger partial charge in [0, 0.05) is 6.42 Å². The lowest BCUT2D eigenvalue weighted by molar-refractivity contribution is -0.158. The molecule has 0 aliphatic rings. The van der Waals surface area contributed by atoms with Crippen molar-refractivity contribution in [2.24, 2.45) is 0 Å². The van der Waals surface area contributed by atoms with E-state index in [1.165, 1.54) is 12.2 Å². The van der Waals surface area contributed by atoms with Gasteiger partial charge < -0.3 is 15.7 Å². The quantitative estimate of drug-likeness (QED) is 0.352. The molecule has 0 aromatic heterocycles. The molecule has 37 heavy (non-hydrogen) atoms. The van der Waals surface area contributed by atoms with Gasteiger partial charge in [0.2, 0.25) is 5.60 Å². The van der Waals surface area contributed by atoms with E-state index in [2.05, 4.69) is 5.32 Å². The number of Topliss-reactive ketones (excluding diaryl/α,β-unsaturated/α-hetero) is 1. The van der Waals surface area contributed by atoms with Crippen LogP contribution in [0, 0.1) is 6.92 Å². The van der Waals surface area contributed by atoms with E-state index < -0.39 is 54.6 Å². The first-order valence-corrected chi connectivity index (χ1v) is 11.0. The number of aryl methyl sites for hydroxylation is 1. The normalized spacial score (nSPS) is 13.9. The van der Waals surface area contributed by atoms with Crippen molar-refractivity contribution in [2.45, 2.75) is 58.1 Å². The number of amides is 2. The number of hydrogen-bond acceptors (Lipinski definition) is 4. The summed E-state index contributed by atoms with van der Waals surface area (Å²) in [4.78, 5) is 36.9. The molecule has 0 aliphatic carbocycles. The van der Waals surface area contributed by atoms with Crippen LogP contribution in [0.2, 0.25) is 0 Å². The Kier molecular flexibility index (Phi) is 10.9. The van der Waals surface area contributed by atoms with E-state index in [-0.39, 0.29) is 0 Å². The Hall–Kier alpha value is -3.41. The summed E-state index contributed by atoms with van der Waals surface area (Å²) in [5.74, 6) is -3.32. The van der Waals surface area contributed by atoms with E-state index in [4.69, 9.17) is 0 Å². The van der Waals surface area contributed by atoms with Crippen molar-refractivity contribution < 1.29 is 45.8 Å². The highest BCUT2D eigenvalue weighted by molar-refractivity contribution is 6.08. The lowest BCUT2D eigenvalue weighted by Crippen LogP contribution is -2.57. The first-order valence-electron chi connectivity index (χ1n) is 11.0. The van der Waals surface area contributed by atoms with Crippen LogP contribution in [0.25, 0.3) is 11.1 Å². The van der Waals surface area contributed by atoms with Crippen LogP contribution in [0.3, 0.4) is 0 Å². The molecule has 2 atom stereocenters. The molecule has 0 saturated carbocycles. The molecule has 0 bridgehead atoms. The fourth-order valence-corrected chi connectivity index (χ4v) is 2.99. The highest BCUT2D eigenvalue weighted by Gasteiger charge is 2.42. The lowest BCUT2D eigenvalue weighted by atomic mass is 9.90. The molecule has 0 saturated heterocycles. The summed E-state index contributed by atoms with van der Waals surface area (Å²) < 4.78 is 69.4. The van der Waals surface area contributed by atoms with E-state index in [9.17, 15) is 45.8 Å². The summed E-state index contributed by atoms with van der Waals surface area (Å²) in [6.07, 6.45) is -9.40. The molecule has 204 valence electrons. The summed E-state index contributed by atoms with van der Waals surface area (Å²) >= 11 is 0. The number of aliphatic hydroxyl groups is 1. The van der Waals surface area contributed by atoms with Crippen molar-refractivity contribution in [3.8, 4) is 11.1 Å². The molecule has 3 N–H and O–H groups in total. The van der Waals surface area contributed by atoms with Gasteiger partial charge in [-0.25, -0.2) is 0 Å². The van der Waals surface area contributed by atoms with Crippen LogP contribution >= 0.6 is 0 Å². The van der Waals surface area contributed by atoms with Gasteiger partial charge in [-0.1, -0.05) is 55.5 Å². The van der Waals surface area contributed by atoms with Crippen molar-refractivity contribution in [3.63, 3.8) is 0 Å². The minimum Gasteiger partial charge on any atom is -0.372 e. The molecule has 0 radical (unpaired) electrons. The molecule has 2 amide bonds. The second-order valence-electron chi connectivity index (χ2n) is 8.26. The third-order valence-corrected chi connectivity index (χ3v) is 5.12. The highest BCUT2D eigenvalue weighted by atomic mass is 19.4. The van der Waals surface area contributed by atoms with E-state index in [1.54, 1.807) is 24.3 Å². The maximum atomic E-state index is 12.6. The van der Waals surface area contributed by atoms with Crippen LogP contribution in [0.1, 0.15) is 44.4 Å². The number of hydrogen-bond donors (Lipinski definition) is 3. The van der Waals surface area contributed by atoms with Crippen LogP contribution in [-0.2, 0) is 14.4 Å². The molecule has 2 rings (SSSR count). The Morgan fingerprint density at radius 3 is 1.81 bits per heavy atom. The Morgan fingerprint density at radius 1 is 0.865 bits per heavy atom. The zero-order valence-corrected chi connectivity index (χ0v) is 20.6. The van der Waals surface area contributed by atoms with Gasteiger partial charge in [-0.3, -0.25) is 14.4 Å². The van der Waals surface area contributed by atoms with Gasteiger partial charge in [-0.05, 0) is 43.0 Å². The monoisotopic (exact) mass is 534 g/mol. The highest BCUT2D eigenvalue weighted by Crippen LogP contribution is 2.31. The standard InChI is InChI=1S/C22H23F3N2O4.C3H5F3/c1-13-8-4-5-9-15(13)16-10-6-7-11-17(16)18(14(2)28)27-20(30)21(3,31)19(29)26-12-22(23,24)25;1-2-3(4,5)6/h4-11,18,31H,12H2,1-3H3,(H,26,29)(H,27,30);2H2,1H3. The van der Waals surface area contributed by atoms with Gasteiger partial charge in [-0.15, -0.1) is 0 Å². The van der Waals surface area contributed by atoms with Crippen molar-refractivity contribution in [3.05, 3.63) is 59.7 Å². The van der Waals surface area contributed by atoms with Crippen molar-refractivity contribution in [1.82, 2.24) is 10.6 Å². The molecule has 6 nitrogen and oxygen atoms in total. The molecular weight excluding hydrogens is 506 g/mol. The van der Waals surface area contributed by atoms with Gasteiger partial charge in [0.1, 0.15) is 12.6 Å². The largest absolute Gasteiger partial charge is 0.405 e. The maximum absolute atomic E-state index is 12.6. The summed E-state index contributed by atoms with van der Waals surface area (Å²) in [5.41, 5.74) is -0.0156. The van der Waals surface area contributed by atoms with E-state index in [0.29, 0.717) is 11.1 Å². The Labute approximate surface area is 210 Å². The van der Waals surface area contributed by atoms with Crippen LogP contribution in [-0.4, -0.2) is 47.2 Å². The zero-order valence-electron chi connectivity index (χ0n) is 20.6. The molecular formula is C25H28F6N2O4. The SMILES string of the molecule is CC(=O)C(NC(=O)C(C)(O)C(=O)NCC(F)(F)F)c1ccccc1-c1ccccc1C.CCC(F)(F)F. The summed E-state index contributed by atoms with van der Waals surface area (Å²) in [6.45, 7) is 3.24. The number of ketones is 1. The van der Waals surface area contributed by atoms with E-state index >= 15 is 0 Å². The molecule has 2 aromatic carbocycles. The first kappa shape index (κ1) is 31.6. The third kappa shape index (κ3) is 9.87. The maximum Gasteiger partial charge on any atom is 0.405 e. The molecule has 12 heteroatoms. The number of halogens is 6. The predicted octanol–water partition coefficient (Wildman–Crippen LogP) is 4.80. The molecule has 0 aliphatic heterocycles. The molecule has 0 heterocycles. The lowest BCUT2D eigenvalue weighted by Gasteiger charge is -2.26. The minimum atomic E-state index is -4.71. The number of benzene rings is 2. The second-order valence-corrected chi connectivity index (χ2v) is 8.26. The third-order valence-electron chi connectivity index (χ3n) is 5.12. The fraction of sp³-hybridized carbons (Fsp3) is 0.400. The Bertz CT molecular complexity index is 1100. The van der Waals surface area contributed by atoms with Crippen LogP contribution < -0.4 is 10.6 Å². The average Bonchev–Trinajstić information content (AvgIpc) is 2.80. The predicted molar refractivity (Wildman–Crippen MR) is 124 cm³/mol. The van der Waals surface area contributed by atoms with Crippen molar-refractivity contribution in [1.29, 1.82) is 0 Å². The van der Waals surface area contributed by atoms with Gasteiger partial charge in [0.25, 0.3) is 11.8 Å². The van der Waals surface area contributed by atoms with Crippen LogP contribution in [0.4, 0.5) is 26.3 Å². The van der Waals surface area contributed by atoms with Gasteiger partial charge in [-0.2, -0.15) is 26.3 Å². The topological polar surface area (TPSA) is 95.5 Å². The van der Waals surface area contributed by atoms with E-state index in [1.807, 2.05) is 31.2 Å². The zero-order chi connectivity index (χ0) is 28.6. The van der Waals surface area contributed by atoms with Crippen molar-refractivity contribution in [2.75, 3.05) is 6.54 Å². The second kappa shape index (κ2) is 12.7. The van der Waals surface area contributed by atoms with Crippen LogP contribution in [0.15, 0.2) is 48.5 Å². The van der Waals surface area contributed by atoms with Gasteiger partial charge in [0.15, 0.2) is 5.78 Å². The van der Waals surface area contributed by atoms with Crippen LogP contribution in [0.5, 0.6) is 0 Å². The van der Waals surface area contributed by atoms with Gasteiger partial charge in [0.05, 0.1) is 0 Å². The molecule has 0 spiro atoms. The first-order chi connectivity index (χ1) is 16.9. The average molecular weight is 534 g/mol. The number of carbonyl (C=O) groups excluding carboxylic acids is 3. The minimum absolute atomic E-state index is 0.421. The molecule has 2 unspecified atom stereocenters. The number of alkyl halides is 6. The Balaban J connectivity index is 0.00000102. The smallest absolute Gasteiger partial charge is 0.372 e. The molecule has 0 fully saturated rings. The Morgan fingerprint density at radius 2 is 1.35 bits per heavy atom. The number of carbonyl (C=O) groups is 3. The number of nitrogens with one attached hydrogen (secondary N) is 2. The fourth-order valence-electron chi connectivity index (χ4n) is 2.99. The van der Waals surface area contributed by atoms with Gasteiger partial charge >= 0.3 is 12.4 Å². The summed E-state index contributed by atoms with van der Waals surface area (Å²) in [6, 6.07) is 12.9. The molecule has 2 aromatic rings. The van der Waals surface area contributed by atoms with Crippen molar-refractivity contribution >= 4 is 17.6 Å². The summed E-state index contributed by atoms with van der Waals surface area (Å²) in [7, 11) is 0. The summed E-state index contributed by atoms with van der Waals surface area (Å²) in [5, 5.41) is 14.0. The van der Waals surface area contributed by atoms with E-state index in [0.717, 1.165) is 25.0 Å². The number of rotatable bonds is 7.